The van der Waals surface area contributed by atoms with Gasteiger partial charge in [0.2, 0.25) is 0 Å². The lowest BCUT2D eigenvalue weighted by Crippen LogP contribution is -2.25. The van der Waals surface area contributed by atoms with Crippen LogP contribution in [0, 0.1) is 11.7 Å². The molecule has 0 saturated carbocycles. The fraction of sp³-hybridized carbons (Fsp3) is 0.625. The molecule has 0 amide bonds. The molecular formula is C16H24FNO. The Labute approximate surface area is 115 Å². The monoisotopic (exact) mass is 265 g/mol. The first-order chi connectivity index (χ1) is 9.17. The molecule has 0 bridgehead atoms. The van der Waals surface area contributed by atoms with Crippen molar-refractivity contribution in [1.29, 1.82) is 0 Å². The molecule has 3 unspecified atom stereocenters. The Kier molecular flexibility index (Phi) is 5.34. The molecule has 3 atom stereocenters. The zero-order valence-corrected chi connectivity index (χ0v) is 11.9. The van der Waals surface area contributed by atoms with E-state index in [-0.39, 0.29) is 5.82 Å². The average molecular weight is 265 g/mol. The van der Waals surface area contributed by atoms with Crippen LogP contribution in [0.3, 0.4) is 0 Å². The van der Waals surface area contributed by atoms with Gasteiger partial charge in [-0.2, -0.15) is 0 Å². The van der Waals surface area contributed by atoms with Crippen molar-refractivity contribution >= 4 is 0 Å². The van der Waals surface area contributed by atoms with E-state index in [0.29, 0.717) is 18.1 Å². The second kappa shape index (κ2) is 7.01. The lowest BCUT2D eigenvalue weighted by molar-refractivity contribution is 0.0409. The Hall–Kier alpha value is -0.930. The van der Waals surface area contributed by atoms with Crippen molar-refractivity contribution in [3.8, 4) is 0 Å². The second-order valence-electron chi connectivity index (χ2n) is 5.64. The van der Waals surface area contributed by atoms with Crippen molar-refractivity contribution in [1.82, 2.24) is 5.32 Å². The maximum absolute atomic E-state index is 12.9. The van der Waals surface area contributed by atoms with Crippen molar-refractivity contribution in [2.45, 2.75) is 44.8 Å². The smallest absolute Gasteiger partial charge is 0.123 e. The number of hydrogen-bond donors (Lipinski definition) is 1. The number of hydrogen-bond acceptors (Lipinski definition) is 2. The van der Waals surface area contributed by atoms with Crippen LogP contribution in [0.2, 0.25) is 0 Å². The van der Waals surface area contributed by atoms with Gasteiger partial charge >= 0.3 is 0 Å². The van der Waals surface area contributed by atoms with Crippen molar-refractivity contribution in [3.63, 3.8) is 0 Å². The molecule has 0 spiro atoms. The van der Waals surface area contributed by atoms with Gasteiger partial charge in [-0.05, 0) is 69.8 Å². The van der Waals surface area contributed by atoms with Gasteiger partial charge in [-0.3, -0.25) is 0 Å². The number of halogens is 1. The van der Waals surface area contributed by atoms with E-state index in [4.69, 9.17) is 4.74 Å². The van der Waals surface area contributed by atoms with Crippen molar-refractivity contribution < 1.29 is 9.13 Å². The Balaban J connectivity index is 1.90. The zero-order valence-electron chi connectivity index (χ0n) is 11.9. The van der Waals surface area contributed by atoms with Gasteiger partial charge in [0.25, 0.3) is 0 Å². The maximum atomic E-state index is 12.9. The minimum Gasteiger partial charge on any atom is -0.375 e. The Morgan fingerprint density at radius 3 is 2.63 bits per heavy atom. The van der Waals surface area contributed by atoms with Gasteiger partial charge in [0.1, 0.15) is 5.82 Å². The van der Waals surface area contributed by atoms with Crippen LogP contribution in [-0.4, -0.2) is 25.8 Å². The molecule has 1 fully saturated rings. The molecule has 1 aliphatic heterocycles. The van der Waals surface area contributed by atoms with Crippen LogP contribution >= 0.6 is 0 Å². The first-order valence-electron chi connectivity index (χ1n) is 7.22. The number of nitrogens with one attached hydrogen (secondary N) is 1. The molecule has 0 aromatic heterocycles. The third kappa shape index (κ3) is 4.59. The standard InChI is InChI=1S/C16H24FNO/c1-12-3-8-16(19-12)10-14(11-18-2)9-13-4-6-15(17)7-5-13/h4-7,12,14,16,18H,3,8-11H2,1-2H3. The molecule has 1 N–H and O–H groups in total. The molecule has 3 heteroatoms. The van der Waals surface area contributed by atoms with Crippen LogP contribution in [0.5, 0.6) is 0 Å². The Morgan fingerprint density at radius 2 is 2.05 bits per heavy atom. The zero-order chi connectivity index (χ0) is 13.7. The molecule has 1 heterocycles. The summed E-state index contributed by atoms with van der Waals surface area (Å²) in [4.78, 5) is 0. The fourth-order valence-electron chi connectivity index (χ4n) is 2.91. The highest BCUT2D eigenvalue weighted by atomic mass is 19.1. The number of rotatable bonds is 6. The maximum Gasteiger partial charge on any atom is 0.123 e. The normalized spacial score (nSPS) is 24.6. The van der Waals surface area contributed by atoms with Crippen LogP contribution in [0.4, 0.5) is 4.39 Å². The van der Waals surface area contributed by atoms with E-state index in [2.05, 4.69) is 12.2 Å². The predicted octanol–water partition coefficient (Wildman–Crippen LogP) is 3.16. The van der Waals surface area contributed by atoms with E-state index in [1.807, 2.05) is 19.2 Å². The van der Waals surface area contributed by atoms with Gasteiger partial charge in [-0.15, -0.1) is 0 Å². The summed E-state index contributed by atoms with van der Waals surface area (Å²) < 4.78 is 18.8. The molecule has 1 saturated heterocycles. The van der Waals surface area contributed by atoms with Gasteiger partial charge in [0.05, 0.1) is 12.2 Å². The largest absolute Gasteiger partial charge is 0.375 e. The topological polar surface area (TPSA) is 21.3 Å². The molecule has 1 aromatic rings. The van der Waals surface area contributed by atoms with Crippen molar-refractivity contribution in [2.75, 3.05) is 13.6 Å². The highest BCUT2D eigenvalue weighted by Gasteiger charge is 2.24. The molecular weight excluding hydrogens is 241 g/mol. The third-order valence-electron chi connectivity index (χ3n) is 3.85. The minimum atomic E-state index is -0.165. The van der Waals surface area contributed by atoms with Gasteiger partial charge in [0.15, 0.2) is 0 Å². The van der Waals surface area contributed by atoms with Crippen molar-refractivity contribution in [2.24, 2.45) is 5.92 Å². The van der Waals surface area contributed by atoms with Crippen LogP contribution in [0.1, 0.15) is 31.7 Å². The fourth-order valence-corrected chi connectivity index (χ4v) is 2.91. The lowest BCUT2D eigenvalue weighted by atomic mass is 9.92. The summed E-state index contributed by atoms with van der Waals surface area (Å²) >= 11 is 0. The summed E-state index contributed by atoms with van der Waals surface area (Å²) in [5.41, 5.74) is 1.20. The summed E-state index contributed by atoms with van der Waals surface area (Å²) in [5.74, 6) is 0.382. The van der Waals surface area contributed by atoms with E-state index in [1.165, 1.54) is 18.4 Å². The molecule has 0 aliphatic carbocycles. The number of ether oxygens (including phenoxy) is 1. The summed E-state index contributed by atoms with van der Waals surface area (Å²) in [6.07, 6.45) is 5.22. The van der Waals surface area contributed by atoms with E-state index in [1.54, 1.807) is 12.1 Å². The molecule has 1 aliphatic rings. The molecule has 1 aromatic carbocycles. The first-order valence-corrected chi connectivity index (χ1v) is 7.22. The van der Waals surface area contributed by atoms with E-state index in [9.17, 15) is 4.39 Å². The summed E-state index contributed by atoms with van der Waals surface area (Å²) in [5, 5.41) is 3.25. The summed E-state index contributed by atoms with van der Waals surface area (Å²) in [7, 11) is 1.98. The van der Waals surface area contributed by atoms with Gasteiger partial charge in [-0.25, -0.2) is 4.39 Å². The van der Waals surface area contributed by atoms with Crippen LogP contribution in [0.25, 0.3) is 0 Å². The Bertz CT molecular complexity index is 379. The van der Waals surface area contributed by atoms with E-state index in [0.717, 1.165) is 19.4 Å². The summed E-state index contributed by atoms with van der Waals surface area (Å²) in [6.45, 7) is 3.12. The van der Waals surface area contributed by atoms with E-state index < -0.39 is 0 Å². The van der Waals surface area contributed by atoms with E-state index >= 15 is 0 Å². The number of benzene rings is 1. The lowest BCUT2D eigenvalue weighted by Gasteiger charge is -2.20. The molecule has 19 heavy (non-hydrogen) atoms. The highest BCUT2D eigenvalue weighted by Crippen LogP contribution is 2.26. The average Bonchev–Trinajstić information content (AvgIpc) is 2.78. The summed E-state index contributed by atoms with van der Waals surface area (Å²) in [6, 6.07) is 6.85. The van der Waals surface area contributed by atoms with Crippen LogP contribution < -0.4 is 5.32 Å². The predicted molar refractivity (Wildman–Crippen MR) is 75.7 cm³/mol. The third-order valence-corrected chi connectivity index (χ3v) is 3.85. The highest BCUT2D eigenvalue weighted by molar-refractivity contribution is 5.16. The van der Waals surface area contributed by atoms with Gasteiger partial charge < -0.3 is 10.1 Å². The van der Waals surface area contributed by atoms with Crippen LogP contribution in [-0.2, 0) is 11.2 Å². The molecule has 2 rings (SSSR count). The molecule has 0 radical (unpaired) electrons. The van der Waals surface area contributed by atoms with Gasteiger partial charge in [0, 0.05) is 0 Å². The second-order valence-corrected chi connectivity index (χ2v) is 5.64. The minimum absolute atomic E-state index is 0.165. The van der Waals surface area contributed by atoms with Gasteiger partial charge in [-0.1, -0.05) is 12.1 Å². The molecule has 2 nitrogen and oxygen atoms in total. The quantitative estimate of drug-likeness (QED) is 0.853. The molecule has 106 valence electrons. The van der Waals surface area contributed by atoms with Crippen molar-refractivity contribution in [3.05, 3.63) is 35.6 Å². The van der Waals surface area contributed by atoms with Crippen LogP contribution in [0.15, 0.2) is 24.3 Å². The first kappa shape index (κ1) is 14.5. The SMILES string of the molecule is CNCC(Cc1ccc(F)cc1)CC1CCC(C)O1. The Morgan fingerprint density at radius 1 is 1.32 bits per heavy atom.